The highest BCUT2D eigenvalue weighted by molar-refractivity contribution is 6.00. The quantitative estimate of drug-likeness (QED) is 0.804. The second-order valence-corrected chi connectivity index (χ2v) is 8.76. The summed E-state index contributed by atoms with van der Waals surface area (Å²) in [7, 11) is 1.58. The maximum absolute atomic E-state index is 13.1. The average Bonchev–Trinajstić information content (AvgIpc) is 2.78. The number of hydrogen-bond donors (Lipinski definition) is 1. The number of nitrogens with zero attached hydrogens (tertiary/aromatic N) is 1. The topological polar surface area (TPSA) is 88.7 Å². The molecule has 0 unspecified atom stereocenters. The number of benzene rings is 1. The van der Waals surface area contributed by atoms with Gasteiger partial charge < -0.3 is 19.4 Å². The standard InChI is InChI=1S/C24H26N2O5/c1-30-16-6-7-17-20(27)14-24(31-21(17)13-16)8-10-26(11-9-24)23(29)18-12-15-4-2-3-5-19(15)25-22(18)28/h6-7,12-13H,2-5,8-11,14H2,1H3,(H,25,28). The van der Waals surface area contributed by atoms with Crippen LogP contribution in [0, 0.1) is 0 Å². The highest BCUT2D eigenvalue weighted by Gasteiger charge is 2.44. The number of aromatic nitrogens is 1. The number of carbonyl (C=O) groups excluding carboxylic acids is 2. The van der Waals surface area contributed by atoms with Crippen LogP contribution in [0.3, 0.4) is 0 Å². The van der Waals surface area contributed by atoms with E-state index in [0.29, 0.717) is 49.4 Å². The van der Waals surface area contributed by atoms with E-state index in [1.54, 1.807) is 36.3 Å². The maximum Gasteiger partial charge on any atom is 0.261 e. The molecule has 1 fully saturated rings. The van der Waals surface area contributed by atoms with Crippen LogP contribution >= 0.6 is 0 Å². The Morgan fingerprint density at radius 3 is 2.68 bits per heavy atom. The third-order valence-corrected chi connectivity index (χ3v) is 6.83. The van der Waals surface area contributed by atoms with E-state index >= 15 is 0 Å². The van der Waals surface area contributed by atoms with Crippen molar-refractivity contribution in [1.29, 1.82) is 0 Å². The van der Waals surface area contributed by atoms with E-state index in [0.717, 1.165) is 36.9 Å². The number of piperidine rings is 1. The largest absolute Gasteiger partial charge is 0.497 e. The van der Waals surface area contributed by atoms with Gasteiger partial charge in [0.2, 0.25) is 0 Å². The third kappa shape index (κ3) is 3.52. The number of likely N-dealkylation sites (tertiary alicyclic amines) is 1. The molecular formula is C24H26N2O5. The van der Waals surface area contributed by atoms with Gasteiger partial charge in [0.15, 0.2) is 5.78 Å². The van der Waals surface area contributed by atoms with Crippen molar-refractivity contribution >= 4 is 11.7 Å². The zero-order valence-electron chi connectivity index (χ0n) is 17.7. The van der Waals surface area contributed by atoms with Crippen LogP contribution in [0.1, 0.15) is 64.1 Å². The van der Waals surface area contributed by atoms with Gasteiger partial charge in [-0.15, -0.1) is 0 Å². The zero-order valence-corrected chi connectivity index (χ0v) is 17.7. The van der Waals surface area contributed by atoms with E-state index in [-0.39, 0.29) is 22.8 Å². The number of carbonyl (C=O) groups is 2. The van der Waals surface area contributed by atoms with E-state index in [4.69, 9.17) is 9.47 Å². The molecule has 0 atom stereocenters. The van der Waals surface area contributed by atoms with Crippen LogP contribution in [0.4, 0.5) is 0 Å². The third-order valence-electron chi connectivity index (χ3n) is 6.83. The summed E-state index contributed by atoms with van der Waals surface area (Å²) in [5, 5.41) is 0. The second kappa shape index (κ2) is 7.55. The van der Waals surface area contributed by atoms with E-state index < -0.39 is 5.60 Å². The Morgan fingerprint density at radius 2 is 1.90 bits per heavy atom. The van der Waals surface area contributed by atoms with Crippen LogP contribution < -0.4 is 15.0 Å². The SMILES string of the molecule is COc1ccc2c(c1)OC1(CCN(C(=O)c3cc4c([nH]c3=O)CCCC4)CC1)CC2=O. The predicted molar refractivity (Wildman–Crippen MR) is 114 cm³/mol. The molecule has 2 aliphatic heterocycles. The number of aromatic amines is 1. The number of ketones is 1. The van der Waals surface area contributed by atoms with Crippen molar-refractivity contribution < 1.29 is 19.1 Å². The molecule has 0 bridgehead atoms. The fraction of sp³-hybridized carbons (Fsp3) is 0.458. The van der Waals surface area contributed by atoms with E-state index in [2.05, 4.69) is 4.98 Å². The number of nitrogens with one attached hydrogen (secondary N) is 1. The fourth-order valence-corrected chi connectivity index (χ4v) is 5.00. The van der Waals surface area contributed by atoms with Crippen molar-refractivity contribution in [2.75, 3.05) is 20.2 Å². The lowest BCUT2D eigenvalue weighted by Crippen LogP contribution is -2.52. The molecule has 1 aromatic carbocycles. The summed E-state index contributed by atoms with van der Waals surface area (Å²) in [5.74, 6) is 0.993. The van der Waals surface area contributed by atoms with Gasteiger partial charge in [0, 0.05) is 37.7 Å². The van der Waals surface area contributed by atoms with Gasteiger partial charge >= 0.3 is 0 Å². The average molecular weight is 422 g/mol. The minimum atomic E-state index is -0.616. The predicted octanol–water partition coefficient (Wildman–Crippen LogP) is 2.90. The van der Waals surface area contributed by atoms with Gasteiger partial charge in [0.05, 0.1) is 19.1 Å². The van der Waals surface area contributed by atoms with Crippen molar-refractivity contribution in [3.05, 3.63) is 57.0 Å². The number of Topliss-reactive ketones (excluding diaryl/α,β-unsaturated/α-hetero) is 1. The summed E-state index contributed by atoms with van der Waals surface area (Å²) in [5.41, 5.74) is 1.91. The van der Waals surface area contributed by atoms with Crippen molar-refractivity contribution in [2.45, 2.75) is 50.5 Å². The molecule has 1 amide bonds. The molecule has 5 rings (SSSR count). The smallest absolute Gasteiger partial charge is 0.261 e. The van der Waals surface area contributed by atoms with Gasteiger partial charge in [-0.05, 0) is 49.4 Å². The molecule has 1 spiro atoms. The molecule has 2 aromatic rings. The van der Waals surface area contributed by atoms with Crippen molar-refractivity contribution in [3.8, 4) is 11.5 Å². The minimum Gasteiger partial charge on any atom is -0.497 e. The molecule has 31 heavy (non-hydrogen) atoms. The molecule has 1 aromatic heterocycles. The molecule has 7 nitrogen and oxygen atoms in total. The molecule has 3 aliphatic rings. The first-order valence-corrected chi connectivity index (χ1v) is 10.9. The molecule has 7 heteroatoms. The molecule has 1 saturated heterocycles. The van der Waals surface area contributed by atoms with Crippen LogP contribution in [-0.4, -0.2) is 47.4 Å². The van der Waals surface area contributed by atoms with E-state index in [1.807, 2.05) is 0 Å². The highest BCUT2D eigenvalue weighted by atomic mass is 16.5. The van der Waals surface area contributed by atoms with Gasteiger partial charge in [-0.1, -0.05) is 0 Å². The summed E-state index contributed by atoms with van der Waals surface area (Å²) in [4.78, 5) is 43.0. The monoisotopic (exact) mass is 422 g/mol. The Kier molecular flexibility index (Phi) is 4.84. The van der Waals surface area contributed by atoms with Gasteiger partial charge in [-0.3, -0.25) is 14.4 Å². The van der Waals surface area contributed by atoms with E-state index in [1.165, 1.54) is 0 Å². The minimum absolute atomic E-state index is 0.0508. The number of fused-ring (bicyclic) bond motifs is 2. The van der Waals surface area contributed by atoms with Crippen LogP contribution in [0.2, 0.25) is 0 Å². The lowest BCUT2D eigenvalue weighted by molar-refractivity contribution is -0.00585. The van der Waals surface area contributed by atoms with Crippen LogP contribution in [0.5, 0.6) is 11.5 Å². The van der Waals surface area contributed by atoms with Crippen molar-refractivity contribution in [3.63, 3.8) is 0 Å². The zero-order chi connectivity index (χ0) is 21.6. The van der Waals surface area contributed by atoms with Crippen molar-refractivity contribution in [1.82, 2.24) is 9.88 Å². The number of methoxy groups -OCH3 is 1. The van der Waals surface area contributed by atoms with Crippen molar-refractivity contribution in [2.24, 2.45) is 0 Å². The van der Waals surface area contributed by atoms with Gasteiger partial charge in [0.25, 0.3) is 11.5 Å². The van der Waals surface area contributed by atoms with Gasteiger partial charge in [-0.25, -0.2) is 0 Å². The van der Waals surface area contributed by atoms with E-state index in [9.17, 15) is 14.4 Å². The molecule has 1 aliphatic carbocycles. The lowest BCUT2D eigenvalue weighted by atomic mass is 9.82. The number of hydrogen-bond acceptors (Lipinski definition) is 5. The summed E-state index contributed by atoms with van der Waals surface area (Å²) in [6.07, 6.45) is 5.30. The second-order valence-electron chi connectivity index (χ2n) is 8.76. The first-order valence-electron chi connectivity index (χ1n) is 10.9. The first-order chi connectivity index (χ1) is 15.0. The number of rotatable bonds is 2. The number of H-pyrrole nitrogens is 1. The number of pyridine rings is 1. The fourth-order valence-electron chi connectivity index (χ4n) is 5.00. The van der Waals surface area contributed by atoms with Gasteiger partial charge in [0.1, 0.15) is 22.7 Å². The lowest BCUT2D eigenvalue weighted by Gasteiger charge is -2.44. The van der Waals surface area contributed by atoms with Gasteiger partial charge in [-0.2, -0.15) is 0 Å². The summed E-state index contributed by atoms with van der Waals surface area (Å²) in [6.45, 7) is 0.893. The Balaban J connectivity index is 1.33. The van der Waals surface area contributed by atoms with Crippen LogP contribution in [-0.2, 0) is 12.8 Å². The number of aryl methyl sites for hydroxylation is 2. The normalized spacial score (nSPS) is 19.4. The Hall–Kier alpha value is -3.09. The molecule has 0 radical (unpaired) electrons. The summed E-state index contributed by atoms with van der Waals surface area (Å²) in [6, 6.07) is 7.03. The van der Waals surface area contributed by atoms with Crippen LogP contribution in [0.25, 0.3) is 0 Å². The Labute approximate surface area is 180 Å². The number of ether oxygens (including phenoxy) is 2. The Morgan fingerprint density at radius 1 is 1.13 bits per heavy atom. The highest BCUT2D eigenvalue weighted by Crippen LogP contribution is 2.41. The molecule has 3 heterocycles. The molecule has 1 N–H and O–H groups in total. The summed E-state index contributed by atoms with van der Waals surface area (Å²) < 4.78 is 11.6. The Bertz CT molecular complexity index is 1110. The number of amides is 1. The maximum atomic E-state index is 13.1. The molecule has 162 valence electrons. The molecular weight excluding hydrogens is 396 g/mol. The van der Waals surface area contributed by atoms with Crippen LogP contribution in [0.15, 0.2) is 29.1 Å². The first kappa shape index (κ1) is 19.8. The summed E-state index contributed by atoms with van der Waals surface area (Å²) >= 11 is 0. The molecule has 0 saturated carbocycles.